The third-order valence-corrected chi connectivity index (χ3v) is 7.65. The SMILES string of the molecule is CC(C)(C)OC(=O)NC1CCC(NC(=O)c2c(C(N)=O)c3ccc(C#N)cc3n2Cc2cccc3ccccc23)CC1. The van der Waals surface area contributed by atoms with E-state index in [0.717, 1.165) is 16.3 Å². The highest BCUT2D eigenvalue weighted by Gasteiger charge is 2.30. The number of carbonyl (C=O) groups is 3. The Morgan fingerprint density at radius 1 is 0.952 bits per heavy atom. The van der Waals surface area contributed by atoms with Gasteiger partial charge in [-0.25, -0.2) is 4.79 Å². The molecule has 1 aliphatic rings. The normalized spacial score (nSPS) is 17.0. The first-order valence-corrected chi connectivity index (χ1v) is 14.2. The lowest BCUT2D eigenvalue weighted by Crippen LogP contribution is -2.45. The van der Waals surface area contributed by atoms with Gasteiger partial charge < -0.3 is 25.7 Å². The van der Waals surface area contributed by atoms with E-state index in [9.17, 15) is 19.6 Å². The van der Waals surface area contributed by atoms with E-state index >= 15 is 0 Å². The van der Waals surface area contributed by atoms with Crippen LogP contribution in [-0.2, 0) is 11.3 Å². The summed E-state index contributed by atoms with van der Waals surface area (Å²) in [5, 5.41) is 18.2. The maximum atomic E-state index is 14.0. The van der Waals surface area contributed by atoms with Crippen molar-refractivity contribution in [3.63, 3.8) is 0 Å². The molecule has 9 heteroatoms. The van der Waals surface area contributed by atoms with Crippen LogP contribution in [0.4, 0.5) is 4.79 Å². The van der Waals surface area contributed by atoms with E-state index in [2.05, 4.69) is 16.7 Å². The number of amides is 3. The minimum Gasteiger partial charge on any atom is -0.444 e. The average Bonchev–Trinajstić information content (AvgIpc) is 3.27. The van der Waals surface area contributed by atoms with Gasteiger partial charge in [0.2, 0.25) is 0 Å². The summed E-state index contributed by atoms with van der Waals surface area (Å²) in [4.78, 5) is 39.0. The van der Waals surface area contributed by atoms with Crippen LogP contribution in [0, 0.1) is 11.3 Å². The summed E-state index contributed by atoms with van der Waals surface area (Å²) in [6, 6.07) is 20.9. The second kappa shape index (κ2) is 11.6. The quantitative estimate of drug-likeness (QED) is 0.288. The number of carbonyl (C=O) groups excluding carboxylic acids is 3. The number of nitrogens with one attached hydrogen (secondary N) is 2. The molecule has 0 bridgehead atoms. The highest BCUT2D eigenvalue weighted by molar-refractivity contribution is 6.15. The third-order valence-electron chi connectivity index (χ3n) is 7.65. The fourth-order valence-electron chi connectivity index (χ4n) is 5.78. The lowest BCUT2D eigenvalue weighted by Gasteiger charge is -2.30. The number of hydrogen-bond donors (Lipinski definition) is 3. The van der Waals surface area contributed by atoms with Crippen molar-refractivity contribution in [2.45, 2.75) is 70.7 Å². The standard InChI is InChI=1S/C33H35N5O4/c1-33(2,3)42-32(41)37-24-14-12-23(13-15-24)36-31(40)29-28(30(35)39)26-16-11-20(18-34)17-27(26)38(29)19-22-9-6-8-21-7-4-5-10-25(21)22/h4-11,16-17,23-24H,12-15,19H2,1-3H3,(H2,35,39)(H,36,40)(H,37,41). The van der Waals surface area contributed by atoms with Gasteiger partial charge in [-0.05, 0) is 74.9 Å². The largest absolute Gasteiger partial charge is 0.444 e. The molecule has 1 saturated carbocycles. The van der Waals surface area contributed by atoms with Crippen LogP contribution in [0.5, 0.6) is 0 Å². The minimum atomic E-state index is -0.711. The van der Waals surface area contributed by atoms with Gasteiger partial charge in [-0.15, -0.1) is 0 Å². The summed E-state index contributed by atoms with van der Waals surface area (Å²) >= 11 is 0. The molecule has 3 amide bonds. The molecule has 1 aromatic heterocycles. The summed E-state index contributed by atoms with van der Waals surface area (Å²) in [5.41, 5.74) is 7.58. The van der Waals surface area contributed by atoms with E-state index in [4.69, 9.17) is 10.5 Å². The van der Waals surface area contributed by atoms with E-state index < -0.39 is 23.5 Å². The highest BCUT2D eigenvalue weighted by atomic mass is 16.6. The lowest BCUT2D eigenvalue weighted by molar-refractivity contribution is 0.0487. The molecular formula is C33H35N5O4. The van der Waals surface area contributed by atoms with Crippen LogP contribution in [0.25, 0.3) is 21.7 Å². The van der Waals surface area contributed by atoms with Crippen molar-refractivity contribution in [3.8, 4) is 6.07 Å². The zero-order valence-corrected chi connectivity index (χ0v) is 24.1. The van der Waals surface area contributed by atoms with Gasteiger partial charge in [0, 0.05) is 24.0 Å². The first-order chi connectivity index (χ1) is 20.0. The smallest absolute Gasteiger partial charge is 0.407 e. The average molecular weight is 566 g/mol. The first kappa shape index (κ1) is 28.7. The molecule has 0 atom stereocenters. The van der Waals surface area contributed by atoms with E-state index in [-0.39, 0.29) is 23.3 Å². The molecule has 0 unspecified atom stereocenters. The second-order valence-corrected chi connectivity index (χ2v) is 11.8. The van der Waals surface area contributed by atoms with Crippen molar-refractivity contribution in [3.05, 3.63) is 83.0 Å². The number of ether oxygens (including phenoxy) is 1. The summed E-state index contributed by atoms with van der Waals surface area (Å²) in [5.74, 6) is -1.11. The van der Waals surface area contributed by atoms with Gasteiger partial charge in [-0.2, -0.15) is 5.26 Å². The van der Waals surface area contributed by atoms with E-state index in [1.165, 1.54) is 0 Å². The molecule has 42 heavy (non-hydrogen) atoms. The van der Waals surface area contributed by atoms with Gasteiger partial charge in [0.15, 0.2) is 0 Å². The number of aromatic nitrogens is 1. The monoisotopic (exact) mass is 565 g/mol. The number of rotatable bonds is 6. The fourth-order valence-corrected chi connectivity index (χ4v) is 5.78. The van der Waals surface area contributed by atoms with Crippen molar-refractivity contribution >= 4 is 39.6 Å². The Bertz CT molecular complexity index is 1710. The van der Waals surface area contributed by atoms with Crippen molar-refractivity contribution < 1.29 is 19.1 Å². The molecule has 4 N–H and O–H groups in total. The second-order valence-electron chi connectivity index (χ2n) is 11.8. The van der Waals surface area contributed by atoms with Gasteiger partial charge in [0.25, 0.3) is 11.8 Å². The van der Waals surface area contributed by atoms with Gasteiger partial charge in [0.05, 0.1) is 22.7 Å². The number of fused-ring (bicyclic) bond motifs is 2. The molecular weight excluding hydrogens is 530 g/mol. The summed E-state index contributed by atoms with van der Waals surface area (Å²) in [7, 11) is 0. The lowest BCUT2D eigenvalue weighted by atomic mass is 9.91. The Morgan fingerprint density at radius 3 is 2.29 bits per heavy atom. The molecule has 5 rings (SSSR count). The summed E-state index contributed by atoms with van der Waals surface area (Å²) in [6.45, 7) is 5.76. The van der Waals surface area contributed by atoms with Crippen LogP contribution in [0.1, 0.15) is 78.4 Å². The Labute approximate surface area is 244 Å². The van der Waals surface area contributed by atoms with Crippen molar-refractivity contribution in [2.75, 3.05) is 0 Å². The van der Waals surface area contributed by atoms with Gasteiger partial charge in [-0.3, -0.25) is 9.59 Å². The van der Waals surface area contributed by atoms with Crippen LogP contribution in [-0.4, -0.2) is 40.2 Å². The zero-order valence-electron chi connectivity index (χ0n) is 24.1. The molecule has 1 fully saturated rings. The highest BCUT2D eigenvalue weighted by Crippen LogP contribution is 2.30. The molecule has 1 heterocycles. The summed E-state index contributed by atoms with van der Waals surface area (Å²) < 4.78 is 7.17. The number of nitrogens with zero attached hydrogens (tertiary/aromatic N) is 2. The fraction of sp³-hybridized carbons (Fsp3) is 0.333. The third kappa shape index (κ3) is 6.08. The number of alkyl carbamates (subject to hydrolysis) is 1. The van der Waals surface area contributed by atoms with E-state index in [1.807, 2.05) is 63.2 Å². The Hall–Kier alpha value is -4.84. The van der Waals surface area contributed by atoms with Crippen molar-refractivity contribution in [1.82, 2.24) is 15.2 Å². The molecule has 216 valence electrons. The van der Waals surface area contributed by atoms with Crippen molar-refractivity contribution in [2.24, 2.45) is 5.73 Å². The Balaban J connectivity index is 1.45. The molecule has 9 nitrogen and oxygen atoms in total. The predicted molar refractivity (Wildman–Crippen MR) is 161 cm³/mol. The van der Waals surface area contributed by atoms with Crippen LogP contribution in [0.2, 0.25) is 0 Å². The number of nitriles is 1. The molecule has 0 aliphatic heterocycles. The predicted octanol–water partition coefficient (Wildman–Crippen LogP) is 5.38. The van der Waals surface area contributed by atoms with Crippen LogP contribution in [0.3, 0.4) is 0 Å². The topological polar surface area (TPSA) is 139 Å². The van der Waals surface area contributed by atoms with Gasteiger partial charge >= 0.3 is 6.09 Å². The van der Waals surface area contributed by atoms with Crippen LogP contribution in [0.15, 0.2) is 60.7 Å². The van der Waals surface area contributed by atoms with Crippen molar-refractivity contribution in [1.29, 1.82) is 5.26 Å². The number of hydrogen-bond acceptors (Lipinski definition) is 5. The Kier molecular flexibility index (Phi) is 7.90. The number of benzene rings is 3. The van der Waals surface area contributed by atoms with E-state index in [0.29, 0.717) is 48.7 Å². The Morgan fingerprint density at radius 2 is 1.62 bits per heavy atom. The van der Waals surface area contributed by atoms with Gasteiger partial charge in [-0.1, -0.05) is 48.5 Å². The van der Waals surface area contributed by atoms with E-state index in [1.54, 1.807) is 22.8 Å². The maximum Gasteiger partial charge on any atom is 0.407 e. The zero-order chi connectivity index (χ0) is 30.0. The van der Waals surface area contributed by atoms with Crippen LogP contribution < -0.4 is 16.4 Å². The number of nitrogens with two attached hydrogens (primary N) is 1. The molecule has 3 aromatic carbocycles. The molecule has 0 spiro atoms. The molecule has 4 aromatic rings. The van der Waals surface area contributed by atoms with Crippen LogP contribution >= 0.6 is 0 Å². The minimum absolute atomic E-state index is 0.0450. The first-order valence-electron chi connectivity index (χ1n) is 14.2. The molecule has 0 radical (unpaired) electrons. The van der Waals surface area contributed by atoms with Gasteiger partial charge in [0.1, 0.15) is 11.3 Å². The number of primary amides is 1. The summed E-state index contributed by atoms with van der Waals surface area (Å²) in [6.07, 6.45) is 2.21. The molecule has 0 saturated heterocycles. The maximum absolute atomic E-state index is 14.0. The molecule has 1 aliphatic carbocycles.